The Morgan fingerprint density at radius 2 is 2.33 bits per heavy atom. The molecule has 4 heteroatoms. The van der Waals surface area contributed by atoms with E-state index in [4.69, 9.17) is 5.73 Å². The minimum Gasteiger partial charge on any atom is -0.327 e. The molecule has 0 bridgehead atoms. The van der Waals surface area contributed by atoms with Gasteiger partial charge in [-0.15, -0.1) is 11.3 Å². The van der Waals surface area contributed by atoms with Gasteiger partial charge in [0.2, 0.25) is 0 Å². The van der Waals surface area contributed by atoms with Crippen molar-refractivity contribution in [3.8, 4) is 0 Å². The number of halogens is 1. The maximum Gasteiger partial charge on any atom is 0.0701 e. The van der Waals surface area contributed by atoms with E-state index in [1.807, 2.05) is 0 Å². The summed E-state index contributed by atoms with van der Waals surface area (Å²) in [5, 5.41) is 3.39. The van der Waals surface area contributed by atoms with Crippen LogP contribution in [-0.2, 0) is 6.54 Å². The molecule has 86 valence electrons. The van der Waals surface area contributed by atoms with Crippen molar-refractivity contribution in [3.63, 3.8) is 0 Å². The van der Waals surface area contributed by atoms with Crippen LogP contribution in [0.3, 0.4) is 0 Å². The fraction of sp³-hybridized carbons (Fsp3) is 0.636. The average molecular weight is 291 g/mol. The standard InChI is InChI=1S/C11H19BrN2S/c1-2-3-4-9(13)7-14-8-10-5-6-11(12)15-10/h5-6,9,14H,2-4,7-8,13H2,1H3. The Bertz CT molecular complexity index is 275. The first-order chi connectivity index (χ1) is 7.22. The number of thiophene rings is 1. The first kappa shape index (κ1) is 13.2. The number of nitrogens with two attached hydrogens (primary N) is 1. The Kier molecular flexibility index (Phi) is 6.48. The van der Waals surface area contributed by atoms with Crippen LogP contribution in [0.25, 0.3) is 0 Å². The largest absolute Gasteiger partial charge is 0.327 e. The molecule has 1 rings (SSSR count). The molecule has 1 aromatic rings. The van der Waals surface area contributed by atoms with Crippen molar-refractivity contribution in [2.45, 2.75) is 38.8 Å². The Morgan fingerprint density at radius 3 is 2.93 bits per heavy atom. The van der Waals surface area contributed by atoms with Crippen LogP contribution in [0.5, 0.6) is 0 Å². The van der Waals surface area contributed by atoms with Crippen LogP contribution < -0.4 is 11.1 Å². The molecule has 0 aromatic carbocycles. The van der Waals surface area contributed by atoms with Crippen LogP contribution in [-0.4, -0.2) is 12.6 Å². The molecule has 15 heavy (non-hydrogen) atoms. The topological polar surface area (TPSA) is 38.0 Å². The second kappa shape index (κ2) is 7.39. The van der Waals surface area contributed by atoms with E-state index in [9.17, 15) is 0 Å². The van der Waals surface area contributed by atoms with Crippen molar-refractivity contribution in [2.24, 2.45) is 5.73 Å². The number of unbranched alkanes of at least 4 members (excludes halogenated alkanes) is 1. The lowest BCUT2D eigenvalue weighted by Gasteiger charge is -2.11. The molecular formula is C11H19BrN2S. The lowest BCUT2D eigenvalue weighted by molar-refractivity contribution is 0.526. The van der Waals surface area contributed by atoms with Gasteiger partial charge in [-0.05, 0) is 34.5 Å². The maximum atomic E-state index is 5.96. The van der Waals surface area contributed by atoms with Gasteiger partial charge >= 0.3 is 0 Å². The lowest BCUT2D eigenvalue weighted by atomic mass is 10.1. The first-order valence-electron chi connectivity index (χ1n) is 5.43. The maximum absolute atomic E-state index is 5.96. The summed E-state index contributed by atoms with van der Waals surface area (Å²) in [6.07, 6.45) is 3.58. The van der Waals surface area contributed by atoms with Crippen LogP contribution in [0.15, 0.2) is 15.9 Å². The van der Waals surface area contributed by atoms with Gasteiger partial charge in [0.05, 0.1) is 3.79 Å². The third kappa shape index (κ3) is 5.66. The van der Waals surface area contributed by atoms with E-state index in [0.29, 0.717) is 6.04 Å². The summed E-state index contributed by atoms with van der Waals surface area (Å²) in [7, 11) is 0. The normalized spacial score (nSPS) is 13.0. The van der Waals surface area contributed by atoms with Crippen molar-refractivity contribution in [1.29, 1.82) is 0 Å². The summed E-state index contributed by atoms with van der Waals surface area (Å²) < 4.78 is 1.19. The summed E-state index contributed by atoms with van der Waals surface area (Å²) in [6, 6.07) is 4.52. The van der Waals surface area contributed by atoms with Gasteiger partial charge in [0.1, 0.15) is 0 Å². The van der Waals surface area contributed by atoms with E-state index >= 15 is 0 Å². The smallest absolute Gasteiger partial charge is 0.0701 e. The fourth-order valence-corrected chi connectivity index (χ4v) is 2.85. The van der Waals surface area contributed by atoms with Gasteiger partial charge in [-0.1, -0.05) is 19.8 Å². The van der Waals surface area contributed by atoms with Crippen molar-refractivity contribution in [1.82, 2.24) is 5.32 Å². The zero-order valence-electron chi connectivity index (χ0n) is 9.13. The highest BCUT2D eigenvalue weighted by Crippen LogP contribution is 2.21. The minimum absolute atomic E-state index is 0.299. The van der Waals surface area contributed by atoms with Gasteiger partial charge in [-0.2, -0.15) is 0 Å². The average Bonchev–Trinajstić information content (AvgIpc) is 2.61. The molecule has 0 amide bonds. The molecule has 0 saturated carbocycles. The van der Waals surface area contributed by atoms with E-state index in [0.717, 1.165) is 19.5 Å². The molecule has 0 aliphatic carbocycles. The predicted molar refractivity (Wildman–Crippen MR) is 71.2 cm³/mol. The molecule has 1 atom stereocenters. The first-order valence-corrected chi connectivity index (χ1v) is 7.04. The third-order valence-corrected chi connectivity index (χ3v) is 3.89. The highest BCUT2D eigenvalue weighted by Gasteiger charge is 2.02. The third-order valence-electron chi connectivity index (χ3n) is 2.26. The van der Waals surface area contributed by atoms with Gasteiger partial charge in [-0.3, -0.25) is 0 Å². The molecule has 0 radical (unpaired) electrons. The molecule has 2 nitrogen and oxygen atoms in total. The van der Waals surface area contributed by atoms with E-state index in [2.05, 4.69) is 40.3 Å². The number of rotatable bonds is 7. The molecule has 1 unspecified atom stereocenters. The molecule has 0 aliphatic heterocycles. The summed E-state index contributed by atoms with van der Waals surface area (Å²) in [4.78, 5) is 1.35. The lowest BCUT2D eigenvalue weighted by Crippen LogP contribution is -2.33. The van der Waals surface area contributed by atoms with E-state index in [1.54, 1.807) is 11.3 Å². The van der Waals surface area contributed by atoms with E-state index in [-0.39, 0.29) is 0 Å². The Hall–Kier alpha value is 0.1000. The molecule has 0 saturated heterocycles. The number of hydrogen-bond donors (Lipinski definition) is 2. The zero-order chi connectivity index (χ0) is 11.1. The quantitative estimate of drug-likeness (QED) is 0.810. The van der Waals surface area contributed by atoms with Crippen LogP contribution in [0.1, 0.15) is 31.1 Å². The molecule has 1 heterocycles. The van der Waals surface area contributed by atoms with E-state index in [1.165, 1.54) is 21.5 Å². The Balaban J connectivity index is 2.10. The van der Waals surface area contributed by atoms with Gasteiger partial charge in [-0.25, -0.2) is 0 Å². The molecule has 1 aromatic heterocycles. The van der Waals surface area contributed by atoms with Gasteiger partial charge in [0.25, 0.3) is 0 Å². The van der Waals surface area contributed by atoms with Gasteiger partial charge in [0.15, 0.2) is 0 Å². The predicted octanol–water partition coefficient (Wildman–Crippen LogP) is 3.12. The van der Waals surface area contributed by atoms with Crippen molar-refractivity contribution < 1.29 is 0 Å². The summed E-state index contributed by atoms with van der Waals surface area (Å²) >= 11 is 5.22. The number of nitrogens with one attached hydrogen (secondary N) is 1. The fourth-order valence-electron chi connectivity index (χ4n) is 1.40. The molecular weight excluding hydrogens is 272 g/mol. The highest BCUT2D eigenvalue weighted by atomic mass is 79.9. The highest BCUT2D eigenvalue weighted by molar-refractivity contribution is 9.11. The number of hydrogen-bond acceptors (Lipinski definition) is 3. The molecule has 0 aliphatic rings. The Labute approximate surface area is 104 Å². The minimum atomic E-state index is 0.299. The van der Waals surface area contributed by atoms with Crippen LogP contribution in [0.4, 0.5) is 0 Å². The summed E-state index contributed by atoms with van der Waals surface area (Å²) in [6.45, 7) is 4.04. The van der Waals surface area contributed by atoms with Crippen molar-refractivity contribution in [2.75, 3.05) is 6.54 Å². The van der Waals surface area contributed by atoms with Crippen LogP contribution in [0, 0.1) is 0 Å². The monoisotopic (exact) mass is 290 g/mol. The summed E-state index contributed by atoms with van der Waals surface area (Å²) in [5.41, 5.74) is 5.96. The van der Waals surface area contributed by atoms with Crippen molar-refractivity contribution >= 4 is 27.3 Å². The van der Waals surface area contributed by atoms with Gasteiger partial charge in [0, 0.05) is 24.0 Å². The van der Waals surface area contributed by atoms with Crippen molar-refractivity contribution in [3.05, 3.63) is 20.8 Å². The van der Waals surface area contributed by atoms with Crippen LogP contribution >= 0.6 is 27.3 Å². The summed E-state index contributed by atoms with van der Waals surface area (Å²) in [5.74, 6) is 0. The zero-order valence-corrected chi connectivity index (χ0v) is 11.5. The SMILES string of the molecule is CCCCC(N)CNCc1ccc(Br)s1. The molecule has 0 spiro atoms. The van der Waals surface area contributed by atoms with Gasteiger partial charge < -0.3 is 11.1 Å². The molecule has 3 N–H and O–H groups in total. The van der Waals surface area contributed by atoms with Crippen LogP contribution in [0.2, 0.25) is 0 Å². The second-order valence-corrected chi connectivity index (χ2v) is 6.29. The van der Waals surface area contributed by atoms with E-state index < -0.39 is 0 Å². The Morgan fingerprint density at radius 1 is 1.53 bits per heavy atom. The molecule has 0 fully saturated rings. The second-order valence-electron chi connectivity index (χ2n) is 3.74.